The van der Waals surface area contributed by atoms with Gasteiger partial charge in [-0.2, -0.15) is 0 Å². The molecule has 3 rings (SSSR count). The van der Waals surface area contributed by atoms with Crippen LogP contribution in [0.2, 0.25) is 18.1 Å². The first-order valence-corrected chi connectivity index (χ1v) is 11.6. The van der Waals surface area contributed by atoms with Crippen LogP contribution in [-0.4, -0.2) is 8.07 Å². The monoisotopic (exact) mass is 286 g/mol. The van der Waals surface area contributed by atoms with Gasteiger partial charge in [0.1, 0.15) is 0 Å². The Hall–Kier alpha value is -0.563. The Labute approximate surface area is 126 Å². The summed E-state index contributed by atoms with van der Waals surface area (Å²) in [6.45, 7) is 7.45. The summed E-state index contributed by atoms with van der Waals surface area (Å²) in [7, 11) is -1.14. The molecule has 0 bridgehead atoms. The summed E-state index contributed by atoms with van der Waals surface area (Å²) in [6.07, 6.45) is 5.90. The molecular weight excluding hydrogens is 256 g/mol. The van der Waals surface area contributed by atoms with Crippen molar-refractivity contribution in [3.8, 4) is 0 Å². The fourth-order valence-electron chi connectivity index (χ4n) is 5.50. The first kappa shape index (κ1) is 14.4. The maximum atomic E-state index is 2.49. The van der Waals surface area contributed by atoms with E-state index in [9.17, 15) is 0 Å². The summed E-state index contributed by atoms with van der Waals surface area (Å²) in [4.78, 5) is 0. The highest BCUT2D eigenvalue weighted by molar-refractivity contribution is 6.81. The zero-order chi connectivity index (χ0) is 14.2. The van der Waals surface area contributed by atoms with Crippen LogP contribution < -0.4 is 0 Å². The molecule has 20 heavy (non-hydrogen) atoms. The van der Waals surface area contributed by atoms with Crippen LogP contribution in [0, 0.1) is 5.92 Å². The second kappa shape index (κ2) is 5.67. The maximum Gasteiger partial charge on any atom is 0.0608 e. The largest absolute Gasteiger partial charge is 0.0677 e. The van der Waals surface area contributed by atoms with Crippen LogP contribution >= 0.6 is 0 Å². The third-order valence-corrected chi connectivity index (χ3v) is 13.0. The van der Waals surface area contributed by atoms with Gasteiger partial charge in [-0.25, -0.2) is 0 Å². The average Bonchev–Trinajstić information content (AvgIpc) is 2.86. The molecule has 0 radical (unpaired) electrons. The summed E-state index contributed by atoms with van der Waals surface area (Å²) < 4.78 is 0. The lowest BCUT2D eigenvalue weighted by Crippen LogP contribution is -2.42. The summed E-state index contributed by atoms with van der Waals surface area (Å²) in [5.41, 5.74) is 4.49. The number of rotatable bonds is 4. The molecule has 110 valence electrons. The normalized spacial score (nSPS) is 29.1. The van der Waals surface area contributed by atoms with Gasteiger partial charge in [-0.15, -0.1) is 0 Å². The Kier molecular flexibility index (Phi) is 4.08. The molecule has 0 amide bonds. The minimum Gasteiger partial charge on any atom is -0.0677 e. The van der Waals surface area contributed by atoms with Crippen molar-refractivity contribution in [2.45, 2.75) is 76.0 Å². The zero-order valence-electron chi connectivity index (χ0n) is 13.5. The molecular formula is C19H30Si. The highest BCUT2D eigenvalue weighted by atomic mass is 28.3. The lowest BCUT2D eigenvalue weighted by Gasteiger charge is -2.41. The van der Waals surface area contributed by atoms with Gasteiger partial charge in [-0.05, 0) is 41.3 Å². The van der Waals surface area contributed by atoms with Crippen LogP contribution in [-0.2, 0) is 0 Å². The van der Waals surface area contributed by atoms with Crippen molar-refractivity contribution >= 4 is 8.07 Å². The third kappa shape index (κ3) is 2.01. The molecule has 1 aromatic carbocycles. The Bertz CT molecular complexity index is 452. The Morgan fingerprint density at radius 1 is 0.900 bits per heavy atom. The summed E-state index contributed by atoms with van der Waals surface area (Å²) in [6, 6.07) is 13.9. The van der Waals surface area contributed by atoms with E-state index >= 15 is 0 Å². The fourth-order valence-corrected chi connectivity index (χ4v) is 10.6. The second-order valence-electron chi connectivity index (χ2n) is 7.08. The molecule has 0 nitrogen and oxygen atoms in total. The van der Waals surface area contributed by atoms with Crippen LogP contribution in [0.3, 0.4) is 0 Å². The first-order chi connectivity index (χ1) is 9.77. The second-order valence-corrected chi connectivity index (χ2v) is 12.6. The molecule has 3 atom stereocenters. The van der Waals surface area contributed by atoms with E-state index in [0.29, 0.717) is 0 Å². The van der Waals surface area contributed by atoms with E-state index in [-0.39, 0.29) is 0 Å². The molecule has 1 fully saturated rings. The van der Waals surface area contributed by atoms with Crippen molar-refractivity contribution in [3.05, 3.63) is 35.4 Å². The smallest absolute Gasteiger partial charge is 0.0608 e. The molecule has 1 heteroatoms. The summed E-state index contributed by atoms with van der Waals surface area (Å²) in [5.74, 6) is 1.90. The van der Waals surface area contributed by atoms with Crippen LogP contribution in [0.15, 0.2) is 24.3 Å². The predicted octanol–water partition coefficient (Wildman–Crippen LogP) is 6.11. The van der Waals surface area contributed by atoms with E-state index < -0.39 is 8.07 Å². The minimum atomic E-state index is -1.14. The molecule has 1 saturated carbocycles. The molecule has 3 unspecified atom stereocenters. The molecule has 0 aliphatic heterocycles. The van der Waals surface area contributed by atoms with Gasteiger partial charge in [-0.1, -0.05) is 76.0 Å². The van der Waals surface area contributed by atoms with Crippen molar-refractivity contribution in [2.24, 2.45) is 5.92 Å². The molecule has 0 saturated heterocycles. The van der Waals surface area contributed by atoms with Gasteiger partial charge >= 0.3 is 0 Å². The van der Waals surface area contributed by atoms with Crippen molar-refractivity contribution < 1.29 is 0 Å². The minimum absolute atomic E-state index is 0.904. The number of benzene rings is 1. The van der Waals surface area contributed by atoms with Crippen molar-refractivity contribution in [2.75, 3.05) is 0 Å². The van der Waals surface area contributed by atoms with Gasteiger partial charge in [-0.3, -0.25) is 0 Å². The summed E-state index contributed by atoms with van der Waals surface area (Å²) in [5, 5.41) is 0. The quantitative estimate of drug-likeness (QED) is 0.586. The van der Waals surface area contributed by atoms with Gasteiger partial charge in [0.05, 0.1) is 8.07 Å². The van der Waals surface area contributed by atoms with Gasteiger partial charge in [0, 0.05) is 0 Å². The number of hydrogen-bond donors (Lipinski definition) is 0. The SMILES string of the molecule is CC[Si](CC)(CC)C1c2ccccc2C2CCCCC21. The van der Waals surface area contributed by atoms with Crippen LogP contribution in [0.1, 0.15) is 69.0 Å². The van der Waals surface area contributed by atoms with Gasteiger partial charge in [0.2, 0.25) is 0 Å². The molecule has 0 spiro atoms. The first-order valence-electron chi connectivity index (χ1n) is 8.86. The molecule has 2 aliphatic rings. The highest BCUT2D eigenvalue weighted by Crippen LogP contribution is 2.58. The van der Waals surface area contributed by atoms with Crippen molar-refractivity contribution in [1.82, 2.24) is 0 Å². The molecule has 0 N–H and O–H groups in total. The fraction of sp³-hybridized carbons (Fsp3) is 0.684. The number of hydrogen-bond acceptors (Lipinski definition) is 0. The van der Waals surface area contributed by atoms with E-state index in [1.165, 1.54) is 43.8 Å². The standard InChI is InChI=1S/C19H30Si/c1-4-20(5-2,6-3)19-17-13-9-7-11-15(17)16-12-8-10-14-18(16)19/h7,9,11,13,16,18-19H,4-6,8,10,12,14H2,1-3H3. The molecule has 0 heterocycles. The van der Waals surface area contributed by atoms with E-state index in [0.717, 1.165) is 17.4 Å². The highest BCUT2D eigenvalue weighted by Gasteiger charge is 2.50. The van der Waals surface area contributed by atoms with Gasteiger partial charge < -0.3 is 0 Å². The van der Waals surface area contributed by atoms with Crippen molar-refractivity contribution in [3.63, 3.8) is 0 Å². The Balaban J connectivity index is 2.09. The lowest BCUT2D eigenvalue weighted by atomic mass is 9.79. The van der Waals surface area contributed by atoms with Crippen LogP contribution in [0.5, 0.6) is 0 Å². The van der Waals surface area contributed by atoms with E-state index in [4.69, 9.17) is 0 Å². The number of fused-ring (bicyclic) bond motifs is 3. The maximum absolute atomic E-state index is 2.49. The lowest BCUT2D eigenvalue weighted by molar-refractivity contribution is 0.318. The summed E-state index contributed by atoms with van der Waals surface area (Å²) >= 11 is 0. The topological polar surface area (TPSA) is 0 Å². The van der Waals surface area contributed by atoms with E-state index in [1.54, 1.807) is 11.1 Å². The molecule has 1 aromatic rings. The predicted molar refractivity (Wildman–Crippen MR) is 91.1 cm³/mol. The van der Waals surface area contributed by atoms with Crippen LogP contribution in [0.25, 0.3) is 0 Å². The Morgan fingerprint density at radius 3 is 2.15 bits per heavy atom. The third-order valence-electron chi connectivity index (χ3n) is 6.75. The Morgan fingerprint density at radius 2 is 1.50 bits per heavy atom. The molecule has 0 aromatic heterocycles. The molecule has 2 aliphatic carbocycles. The van der Waals surface area contributed by atoms with Gasteiger partial charge in [0.25, 0.3) is 0 Å². The van der Waals surface area contributed by atoms with Gasteiger partial charge in [0.15, 0.2) is 0 Å². The van der Waals surface area contributed by atoms with E-state index in [2.05, 4.69) is 45.0 Å². The zero-order valence-corrected chi connectivity index (χ0v) is 14.5. The van der Waals surface area contributed by atoms with Crippen LogP contribution in [0.4, 0.5) is 0 Å². The average molecular weight is 287 g/mol. The van der Waals surface area contributed by atoms with Crippen molar-refractivity contribution in [1.29, 1.82) is 0 Å². The van der Waals surface area contributed by atoms with E-state index in [1.807, 2.05) is 0 Å².